The molecule has 0 aliphatic carbocycles. The Balaban J connectivity index is 2.93. The molecule has 1 aliphatic heterocycles. The van der Waals surface area contributed by atoms with Gasteiger partial charge in [-0.3, -0.25) is 4.90 Å². The van der Waals surface area contributed by atoms with Crippen molar-refractivity contribution in [3.8, 4) is 0 Å². The second-order valence-corrected chi connectivity index (χ2v) is 3.97. The lowest BCUT2D eigenvalue weighted by Gasteiger charge is -2.24. The number of hydrogen-bond acceptors (Lipinski definition) is 1. The molecule has 3 heteroatoms. The number of rotatable bonds is 1. The predicted octanol–water partition coefficient (Wildman–Crippen LogP) is 1.71. The average Bonchev–Trinajstić information content (AvgIpc) is 2.02. The Morgan fingerprint density at radius 3 is 2.17 bits per heavy atom. The third kappa shape index (κ3) is 1.19. The fourth-order valence-corrected chi connectivity index (χ4v) is 1.37. The molecule has 68 valence electrons. The van der Waals surface area contributed by atoms with E-state index in [1.165, 1.54) is 0 Å². The van der Waals surface area contributed by atoms with E-state index < -0.39 is 0 Å². The van der Waals surface area contributed by atoms with Crippen molar-refractivity contribution in [2.24, 2.45) is 0 Å². The molecular formula is C9H16N2O. The highest BCUT2D eigenvalue weighted by molar-refractivity contribution is 5.81. The third-order valence-corrected chi connectivity index (χ3v) is 2.17. The van der Waals surface area contributed by atoms with Crippen molar-refractivity contribution in [2.45, 2.75) is 39.3 Å². The van der Waals surface area contributed by atoms with Crippen LogP contribution < -0.4 is 5.32 Å². The van der Waals surface area contributed by atoms with Crippen LogP contribution in [0.3, 0.4) is 0 Å². The molecule has 0 aromatic heterocycles. The molecule has 1 saturated heterocycles. The molecule has 1 N–H and O–H groups in total. The molecule has 0 unspecified atom stereocenters. The van der Waals surface area contributed by atoms with E-state index in [0.29, 0.717) is 0 Å². The lowest BCUT2D eigenvalue weighted by molar-refractivity contribution is 0.214. The van der Waals surface area contributed by atoms with E-state index in [1.54, 1.807) is 4.90 Å². The van der Waals surface area contributed by atoms with Crippen molar-refractivity contribution in [2.75, 3.05) is 0 Å². The number of urea groups is 1. The number of carbonyl (C=O) groups excluding carboxylic acids is 1. The zero-order valence-electron chi connectivity index (χ0n) is 8.14. The first-order chi connectivity index (χ1) is 5.36. The van der Waals surface area contributed by atoms with Crippen LogP contribution in [0.15, 0.2) is 12.3 Å². The predicted molar refractivity (Wildman–Crippen MR) is 48.7 cm³/mol. The Hall–Kier alpha value is -0.990. The Morgan fingerprint density at radius 2 is 2.00 bits per heavy atom. The molecule has 1 fully saturated rings. The topological polar surface area (TPSA) is 32.3 Å². The number of nitrogens with one attached hydrogen (secondary N) is 1. The largest absolute Gasteiger partial charge is 0.327 e. The SMILES string of the molecule is C=C1N(C(C)C)C(=O)NC1(C)C. The summed E-state index contributed by atoms with van der Waals surface area (Å²) < 4.78 is 0. The van der Waals surface area contributed by atoms with E-state index in [9.17, 15) is 4.79 Å². The molecular weight excluding hydrogens is 152 g/mol. The molecule has 0 radical (unpaired) electrons. The molecule has 0 aromatic rings. The normalized spacial score (nSPS) is 21.9. The molecule has 1 rings (SSSR count). The number of carbonyl (C=O) groups is 1. The molecule has 1 heterocycles. The van der Waals surface area contributed by atoms with Gasteiger partial charge in [-0.25, -0.2) is 4.79 Å². The van der Waals surface area contributed by atoms with Crippen LogP contribution >= 0.6 is 0 Å². The van der Waals surface area contributed by atoms with Gasteiger partial charge in [-0.2, -0.15) is 0 Å². The lowest BCUT2D eigenvalue weighted by Crippen LogP contribution is -2.35. The van der Waals surface area contributed by atoms with Gasteiger partial charge in [0.2, 0.25) is 0 Å². The third-order valence-electron chi connectivity index (χ3n) is 2.17. The minimum atomic E-state index is -0.290. The summed E-state index contributed by atoms with van der Waals surface area (Å²) in [6.07, 6.45) is 0. The number of amides is 2. The van der Waals surface area contributed by atoms with Gasteiger partial charge >= 0.3 is 6.03 Å². The summed E-state index contributed by atoms with van der Waals surface area (Å²) in [6, 6.07) is 0.138. The summed E-state index contributed by atoms with van der Waals surface area (Å²) in [5.74, 6) is 0. The zero-order valence-corrected chi connectivity index (χ0v) is 8.14. The van der Waals surface area contributed by atoms with Crippen molar-refractivity contribution in [1.29, 1.82) is 0 Å². The standard InChI is InChI=1S/C9H16N2O/c1-6(2)11-7(3)9(4,5)10-8(11)12/h6H,3H2,1-2,4-5H3,(H,10,12). The van der Waals surface area contributed by atoms with Gasteiger partial charge in [-0.05, 0) is 27.7 Å². The Bertz CT molecular complexity index is 231. The van der Waals surface area contributed by atoms with E-state index in [1.807, 2.05) is 27.7 Å². The average molecular weight is 168 g/mol. The fourth-order valence-electron chi connectivity index (χ4n) is 1.37. The Morgan fingerprint density at radius 1 is 1.50 bits per heavy atom. The molecule has 0 saturated carbocycles. The quantitative estimate of drug-likeness (QED) is 0.635. The van der Waals surface area contributed by atoms with Crippen molar-refractivity contribution >= 4 is 6.03 Å². The fraction of sp³-hybridized carbons (Fsp3) is 0.667. The maximum atomic E-state index is 11.4. The maximum absolute atomic E-state index is 11.4. The monoisotopic (exact) mass is 168 g/mol. The van der Waals surface area contributed by atoms with Crippen LogP contribution in [0.4, 0.5) is 4.79 Å². The van der Waals surface area contributed by atoms with Crippen molar-refractivity contribution in [3.05, 3.63) is 12.3 Å². The van der Waals surface area contributed by atoms with Gasteiger partial charge in [0.1, 0.15) is 0 Å². The molecule has 0 spiro atoms. The van der Waals surface area contributed by atoms with E-state index >= 15 is 0 Å². The van der Waals surface area contributed by atoms with E-state index in [-0.39, 0.29) is 17.6 Å². The van der Waals surface area contributed by atoms with Gasteiger partial charge in [-0.15, -0.1) is 0 Å². The molecule has 12 heavy (non-hydrogen) atoms. The van der Waals surface area contributed by atoms with Crippen molar-refractivity contribution in [3.63, 3.8) is 0 Å². The van der Waals surface area contributed by atoms with Gasteiger partial charge in [0.15, 0.2) is 0 Å². The summed E-state index contributed by atoms with van der Waals surface area (Å²) in [5.41, 5.74) is 0.559. The lowest BCUT2D eigenvalue weighted by atomic mass is 10.0. The van der Waals surface area contributed by atoms with Crippen molar-refractivity contribution < 1.29 is 4.79 Å². The van der Waals surface area contributed by atoms with Gasteiger partial charge in [0, 0.05) is 11.7 Å². The first-order valence-corrected chi connectivity index (χ1v) is 4.17. The summed E-state index contributed by atoms with van der Waals surface area (Å²) >= 11 is 0. The van der Waals surface area contributed by atoms with Crippen LogP contribution in [0.2, 0.25) is 0 Å². The first kappa shape index (κ1) is 9.10. The van der Waals surface area contributed by atoms with Crippen LogP contribution in [0.5, 0.6) is 0 Å². The van der Waals surface area contributed by atoms with Gasteiger partial charge in [0.25, 0.3) is 0 Å². The van der Waals surface area contributed by atoms with Crippen LogP contribution in [0.1, 0.15) is 27.7 Å². The highest BCUT2D eigenvalue weighted by Crippen LogP contribution is 2.27. The van der Waals surface area contributed by atoms with Gasteiger partial charge in [0.05, 0.1) is 5.54 Å². The number of nitrogens with zero attached hydrogens (tertiary/aromatic N) is 1. The van der Waals surface area contributed by atoms with E-state index in [2.05, 4.69) is 11.9 Å². The van der Waals surface area contributed by atoms with Crippen LogP contribution in [-0.2, 0) is 0 Å². The smallest absolute Gasteiger partial charge is 0.322 e. The molecule has 3 nitrogen and oxygen atoms in total. The second-order valence-electron chi connectivity index (χ2n) is 3.97. The minimum absolute atomic E-state index is 0.0417. The van der Waals surface area contributed by atoms with Crippen molar-refractivity contribution in [1.82, 2.24) is 10.2 Å². The summed E-state index contributed by atoms with van der Waals surface area (Å²) in [6.45, 7) is 11.8. The van der Waals surface area contributed by atoms with Crippen LogP contribution in [0.25, 0.3) is 0 Å². The van der Waals surface area contributed by atoms with E-state index in [4.69, 9.17) is 0 Å². The minimum Gasteiger partial charge on any atom is -0.327 e. The molecule has 2 amide bonds. The Kier molecular flexibility index (Phi) is 1.90. The highest BCUT2D eigenvalue weighted by atomic mass is 16.2. The first-order valence-electron chi connectivity index (χ1n) is 4.17. The zero-order chi connectivity index (χ0) is 9.52. The van der Waals surface area contributed by atoms with Crippen LogP contribution in [0, 0.1) is 0 Å². The molecule has 1 aliphatic rings. The molecule has 0 aromatic carbocycles. The van der Waals surface area contributed by atoms with Gasteiger partial charge in [-0.1, -0.05) is 6.58 Å². The Labute approximate surface area is 73.4 Å². The second kappa shape index (κ2) is 2.51. The number of hydrogen-bond donors (Lipinski definition) is 1. The molecule has 0 atom stereocenters. The summed E-state index contributed by atoms with van der Waals surface area (Å²) in [5, 5.41) is 2.86. The maximum Gasteiger partial charge on any atom is 0.322 e. The summed E-state index contributed by atoms with van der Waals surface area (Å²) in [4.78, 5) is 13.1. The molecule has 0 bridgehead atoms. The van der Waals surface area contributed by atoms with Crippen LogP contribution in [-0.4, -0.2) is 22.5 Å². The summed E-state index contributed by atoms with van der Waals surface area (Å²) in [7, 11) is 0. The van der Waals surface area contributed by atoms with Gasteiger partial charge < -0.3 is 5.32 Å². The van der Waals surface area contributed by atoms with E-state index in [0.717, 1.165) is 5.70 Å². The highest BCUT2D eigenvalue weighted by Gasteiger charge is 2.39.